The van der Waals surface area contributed by atoms with Crippen LogP contribution < -0.4 is 4.90 Å². The molecule has 0 amide bonds. The van der Waals surface area contributed by atoms with Gasteiger partial charge in [0.05, 0.1) is 17.6 Å². The van der Waals surface area contributed by atoms with Gasteiger partial charge in [0.15, 0.2) is 11.6 Å². The van der Waals surface area contributed by atoms with Gasteiger partial charge in [-0.25, -0.2) is 13.5 Å². The maximum absolute atomic E-state index is 14.7. The molecular weight excluding hydrogens is 548 g/mol. The van der Waals surface area contributed by atoms with Crippen LogP contribution in [0.3, 0.4) is 0 Å². The van der Waals surface area contributed by atoms with E-state index in [1.54, 1.807) is 10.9 Å². The fraction of sp³-hybridized carbons (Fsp3) is 0. The summed E-state index contributed by atoms with van der Waals surface area (Å²) in [4.78, 5) is 2.20. The average molecular weight is 576 g/mol. The predicted molar refractivity (Wildman–Crippen MR) is 177 cm³/mol. The summed E-state index contributed by atoms with van der Waals surface area (Å²) in [6, 6.07) is 50.5. The molecule has 0 radical (unpaired) electrons. The summed E-state index contributed by atoms with van der Waals surface area (Å²) < 4.78 is 31.1. The van der Waals surface area contributed by atoms with Crippen molar-refractivity contribution in [2.75, 3.05) is 4.90 Å². The summed E-state index contributed by atoms with van der Waals surface area (Å²) in [5.41, 5.74) is 7.06. The molecule has 0 aliphatic rings. The number of hydrogen-bond donors (Lipinski definition) is 0. The lowest BCUT2D eigenvalue weighted by Gasteiger charge is -2.25. The highest BCUT2D eigenvalue weighted by atomic mass is 19.2. The van der Waals surface area contributed by atoms with Crippen molar-refractivity contribution in [1.82, 2.24) is 4.68 Å². The van der Waals surface area contributed by atoms with Crippen molar-refractivity contribution >= 4 is 34.0 Å². The molecule has 0 unspecified atom stereocenters. The van der Waals surface area contributed by atoms with Gasteiger partial charge in [0, 0.05) is 39.0 Å². The fourth-order valence-corrected chi connectivity index (χ4v) is 5.58. The third kappa shape index (κ3) is 5.16. The SMILES string of the molecule is Fc1cc2c(-c3ccccc3)n(N=Cc3ccc(N(c4ccccc4)c4ccccc4)cc3)c(-c3ccccc3)c2cc1F. The summed E-state index contributed by atoms with van der Waals surface area (Å²) in [5, 5.41) is 6.12. The first kappa shape index (κ1) is 27.0. The van der Waals surface area contributed by atoms with Gasteiger partial charge in [0.25, 0.3) is 0 Å². The molecule has 0 N–H and O–H groups in total. The second kappa shape index (κ2) is 11.8. The quantitative estimate of drug-likeness (QED) is 0.173. The number of anilines is 3. The van der Waals surface area contributed by atoms with Gasteiger partial charge >= 0.3 is 0 Å². The lowest BCUT2D eigenvalue weighted by atomic mass is 10.0. The van der Waals surface area contributed by atoms with E-state index in [1.165, 1.54) is 12.1 Å². The Labute approximate surface area is 254 Å². The van der Waals surface area contributed by atoms with Crippen molar-refractivity contribution in [2.45, 2.75) is 0 Å². The molecule has 0 atom stereocenters. The largest absolute Gasteiger partial charge is 0.311 e. The van der Waals surface area contributed by atoms with E-state index in [0.29, 0.717) is 22.2 Å². The van der Waals surface area contributed by atoms with Gasteiger partial charge in [-0.05, 0) is 54.1 Å². The van der Waals surface area contributed by atoms with Gasteiger partial charge in [0.1, 0.15) is 0 Å². The molecule has 5 heteroatoms. The Hall–Kier alpha value is -5.81. The number of nitrogens with zero attached hydrogens (tertiary/aromatic N) is 3. The Bertz CT molecular complexity index is 1930. The number of para-hydroxylation sites is 2. The molecule has 1 aromatic heterocycles. The van der Waals surface area contributed by atoms with E-state index >= 15 is 0 Å². The summed E-state index contributed by atoms with van der Waals surface area (Å²) >= 11 is 0. The molecule has 0 fully saturated rings. The molecule has 7 rings (SSSR count). The standard InChI is InChI=1S/C39H27F2N3/c40-36-25-34-35(26-37(36)41)39(30-15-7-2-8-16-30)44(38(34)29-13-5-1-6-14-29)42-27-28-21-23-33(24-22-28)43(31-17-9-3-10-18-31)32-19-11-4-12-20-32/h1-27H. The minimum atomic E-state index is -0.896. The third-order valence-corrected chi connectivity index (χ3v) is 7.59. The first-order valence-corrected chi connectivity index (χ1v) is 14.4. The molecule has 1 heterocycles. The van der Waals surface area contributed by atoms with Gasteiger partial charge in [-0.1, -0.05) is 109 Å². The van der Waals surface area contributed by atoms with Crippen LogP contribution in [-0.2, 0) is 0 Å². The zero-order valence-corrected chi connectivity index (χ0v) is 23.7. The number of fused-ring (bicyclic) bond motifs is 1. The van der Waals surface area contributed by atoms with E-state index in [2.05, 4.69) is 41.3 Å². The van der Waals surface area contributed by atoms with E-state index in [1.807, 2.05) is 109 Å². The monoisotopic (exact) mass is 575 g/mol. The van der Waals surface area contributed by atoms with Crippen molar-refractivity contribution in [2.24, 2.45) is 5.10 Å². The van der Waals surface area contributed by atoms with Crippen molar-refractivity contribution in [3.8, 4) is 22.5 Å². The highest BCUT2D eigenvalue weighted by molar-refractivity contribution is 6.05. The highest BCUT2D eigenvalue weighted by Crippen LogP contribution is 2.40. The van der Waals surface area contributed by atoms with Gasteiger partial charge in [0.2, 0.25) is 0 Å². The number of halogens is 2. The molecule has 0 spiro atoms. The highest BCUT2D eigenvalue weighted by Gasteiger charge is 2.22. The first-order valence-electron chi connectivity index (χ1n) is 14.4. The third-order valence-electron chi connectivity index (χ3n) is 7.59. The van der Waals surface area contributed by atoms with E-state index in [9.17, 15) is 8.78 Å². The number of hydrogen-bond acceptors (Lipinski definition) is 2. The lowest BCUT2D eigenvalue weighted by Crippen LogP contribution is -2.09. The average Bonchev–Trinajstić information content (AvgIpc) is 3.39. The zero-order chi connectivity index (χ0) is 29.9. The van der Waals surface area contributed by atoms with Crippen LogP contribution in [0.15, 0.2) is 163 Å². The summed E-state index contributed by atoms with van der Waals surface area (Å²) in [6.45, 7) is 0. The smallest absolute Gasteiger partial charge is 0.159 e. The summed E-state index contributed by atoms with van der Waals surface area (Å²) in [5.74, 6) is -1.79. The van der Waals surface area contributed by atoms with Crippen molar-refractivity contribution in [1.29, 1.82) is 0 Å². The molecule has 3 nitrogen and oxygen atoms in total. The minimum Gasteiger partial charge on any atom is -0.311 e. The zero-order valence-electron chi connectivity index (χ0n) is 23.7. The maximum atomic E-state index is 14.7. The summed E-state index contributed by atoms with van der Waals surface area (Å²) in [7, 11) is 0. The normalized spacial score (nSPS) is 11.3. The Balaban J connectivity index is 1.35. The minimum absolute atomic E-state index is 0.586. The van der Waals surface area contributed by atoms with E-state index < -0.39 is 11.6 Å². The van der Waals surface area contributed by atoms with Gasteiger partial charge in [-0.2, -0.15) is 5.10 Å². The molecule has 0 saturated heterocycles. The van der Waals surface area contributed by atoms with Crippen LogP contribution >= 0.6 is 0 Å². The molecule has 7 aromatic rings. The van der Waals surface area contributed by atoms with Crippen molar-refractivity contribution < 1.29 is 8.78 Å². The second-order valence-corrected chi connectivity index (χ2v) is 10.4. The van der Waals surface area contributed by atoms with Gasteiger partial charge in [-0.3, -0.25) is 0 Å². The van der Waals surface area contributed by atoms with Crippen molar-refractivity contribution in [3.63, 3.8) is 0 Å². The Morgan fingerprint density at radius 1 is 0.477 bits per heavy atom. The summed E-state index contributed by atoms with van der Waals surface area (Å²) in [6.07, 6.45) is 1.78. The fourth-order valence-electron chi connectivity index (χ4n) is 5.58. The van der Waals surface area contributed by atoms with Crippen LogP contribution in [0.4, 0.5) is 25.8 Å². The number of benzene rings is 6. The number of rotatable bonds is 7. The van der Waals surface area contributed by atoms with Crippen LogP contribution in [0.5, 0.6) is 0 Å². The van der Waals surface area contributed by atoms with Crippen LogP contribution in [0.25, 0.3) is 33.3 Å². The van der Waals surface area contributed by atoms with Crippen LogP contribution in [0.2, 0.25) is 0 Å². The lowest BCUT2D eigenvalue weighted by molar-refractivity contribution is 0.511. The molecule has 0 saturated carbocycles. The Morgan fingerprint density at radius 3 is 1.30 bits per heavy atom. The molecule has 0 aliphatic heterocycles. The van der Waals surface area contributed by atoms with Crippen molar-refractivity contribution in [3.05, 3.63) is 175 Å². The maximum Gasteiger partial charge on any atom is 0.159 e. The van der Waals surface area contributed by atoms with E-state index in [0.717, 1.165) is 33.8 Å². The Kier molecular flexibility index (Phi) is 7.27. The molecule has 212 valence electrons. The van der Waals surface area contributed by atoms with E-state index in [4.69, 9.17) is 5.10 Å². The second-order valence-electron chi connectivity index (χ2n) is 10.4. The predicted octanol–water partition coefficient (Wildman–Crippen LogP) is 10.6. The molecule has 0 aliphatic carbocycles. The molecule has 44 heavy (non-hydrogen) atoms. The molecule has 6 aromatic carbocycles. The number of aromatic nitrogens is 1. The van der Waals surface area contributed by atoms with Crippen LogP contribution in [0, 0.1) is 11.6 Å². The van der Waals surface area contributed by atoms with E-state index in [-0.39, 0.29) is 0 Å². The topological polar surface area (TPSA) is 20.5 Å². The van der Waals surface area contributed by atoms with Crippen LogP contribution in [0.1, 0.15) is 5.56 Å². The van der Waals surface area contributed by atoms with Crippen LogP contribution in [-0.4, -0.2) is 10.9 Å². The van der Waals surface area contributed by atoms with Gasteiger partial charge < -0.3 is 4.90 Å². The molecular formula is C39H27F2N3. The first-order chi connectivity index (χ1) is 21.7. The Morgan fingerprint density at radius 2 is 0.864 bits per heavy atom. The van der Waals surface area contributed by atoms with Gasteiger partial charge in [-0.15, -0.1) is 0 Å². The molecule has 0 bridgehead atoms.